The average molecular weight is 301 g/mol. The standard InChI is InChI=1S/C12H23N5O2S/c1-3-6-17-9-11(12(13)14-17)20(18,19)15-10-5-4-7-16(2)8-10/h9-10,15H,3-8H2,1-2H3,(H2,13,14). The number of piperidine rings is 1. The Morgan fingerprint density at radius 3 is 2.95 bits per heavy atom. The van der Waals surface area contributed by atoms with Crippen LogP contribution in [0.2, 0.25) is 0 Å². The van der Waals surface area contributed by atoms with Gasteiger partial charge in [-0.3, -0.25) is 4.68 Å². The molecule has 0 saturated carbocycles. The first-order valence-electron chi connectivity index (χ1n) is 6.96. The molecule has 0 spiro atoms. The van der Waals surface area contributed by atoms with Gasteiger partial charge < -0.3 is 10.6 Å². The number of hydrogen-bond donors (Lipinski definition) is 2. The lowest BCUT2D eigenvalue weighted by Crippen LogP contribution is -2.46. The number of likely N-dealkylation sites (N-methyl/N-ethyl adjacent to an activating group) is 1. The Bertz CT molecular complexity index is 554. The lowest BCUT2D eigenvalue weighted by atomic mass is 10.1. The highest BCUT2D eigenvalue weighted by Crippen LogP contribution is 2.18. The quantitative estimate of drug-likeness (QED) is 0.813. The second kappa shape index (κ2) is 6.11. The van der Waals surface area contributed by atoms with Crippen LogP contribution >= 0.6 is 0 Å². The van der Waals surface area contributed by atoms with E-state index in [4.69, 9.17) is 5.73 Å². The highest BCUT2D eigenvalue weighted by Gasteiger charge is 2.26. The van der Waals surface area contributed by atoms with Crippen molar-refractivity contribution >= 4 is 15.8 Å². The monoisotopic (exact) mass is 301 g/mol. The summed E-state index contributed by atoms with van der Waals surface area (Å²) in [5.41, 5.74) is 5.73. The molecular weight excluding hydrogens is 278 g/mol. The van der Waals surface area contributed by atoms with Crippen molar-refractivity contribution in [2.45, 2.75) is 43.7 Å². The molecule has 1 aromatic rings. The topological polar surface area (TPSA) is 93.2 Å². The van der Waals surface area contributed by atoms with Gasteiger partial charge in [0.05, 0.1) is 0 Å². The molecule has 1 aliphatic heterocycles. The second-order valence-corrected chi connectivity index (χ2v) is 7.05. The molecule has 0 aliphatic carbocycles. The van der Waals surface area contributed by atoms with Crippen LogP contribution in [0.25, 0.3) is 0 Å². The third-order valence-electron chi connectivity index (χ3n) is 3.44. The minimum Gasteiger partial charge on any atom is -0.381 e. The number of aromatic nitrogens is 2. The number of hydrogen-bond acceptors (Lipinski definition) is 5. The van der Waals surface area contributed by atoms with E-state index in [1.165, 1.54) is 6.20 Å². The van der Waals surface area contributed by atoms with Crippen molar-refractivity contribution in [1.29, 1.82) is 0 Å². The number of sulfonamides is 1. The summed E-state index contributed by atoms with van der Waals surface area (Å²) < 4.78 is 29.1. The number of anilines is 1. The molecule has 0 bridgehead atoms. The highest BCUT2D eigenvalue weighted by molar-refractivity contribution is 7.89. The summed E-state index contributed by atoms with van der Waals surface area (Å²) in [6, 6.07) is -0.0623. The van der Waals surface area contributed by atoms with Gasteiger partial charge in [-0.1, -0.05) is 6.92 Å². The summed E-state index contributed by atoms with van der Waals surface area (Å²) in [5, 5.41) is 4.04. The molecular formula is C12H23N5O2S. The van der Waals surface area contributed by atoms with Crippen LogP contribution in [0.3, 0.4) is 0 Å². The van der Waals surface area contributed by atoms with Crippen molar-refractivity contribution in [3.8, 4) is 0 Å². The molecule has 0 amide bonds. The lowest BCUT2D eigenvalue weighted by Gasteiger charge is -2.29. The van der Waals surface area contributed by atoms with Crippen LogP contribution in [-0.2, 0) is 16.6 Å². The number of rotatable bonds is 5. The number of nitrogens with two attached hydrogens (primary N) is 1. The number of nitrogen functional groups attached to an aromatic ring is 1. The smallest absolute Gasteiger partial charge is 0.246 e. The van der Waals surface area contributed by atoms with E-state index in [0.29, 0.717) is 6.54 Å². The number of aryl methyl sites for hydroxylation is 1. The van der Waals surface area contributed by atoms with Crippen LogP contribution in [0.5, 0.6) is 0 Å². The predicted octanol–water partition coefficient (Wildman–Crippen LogP) is 0.248. The molecule has 1 aliphatic rings. The van der Waals surface area contributed by atoms with Gasteiger partial charge >= 0.3 is 0 Å². The van der Waals surface area contributed by atoms with Gasteiger partial charge in [0, 0.05) is 25.3 Å². The number of likely N-dealkylation sites (tertiary alicyclic amines) is 1. The third kappa shape index (κ3) is 3.50. The summed E-state index contributed by atoms with van der Waals surface area (Å²) in [5.74, 6) is 0.0649. The third-order valence-corrected chi connectivity index (χ3v) is 4.98. The Kier molecular flexibility index (Phi) is 4.66. The maximum Gasteiger partial charge on any atom is 0.246 e. The van der Waals surface area contributed by atoms with Gasteiger partial charge in [-0.2, -0.15) is 5.10 Å². The summed E-state index contributed by atoms with van der Waals surface area (Å²) in [6.07, 6.45) is 4.23. The van der Waals surface area contributed by atoms with Crippen molar-refractivity contribution in [3.63, 3.8) is 0 Å². The molecule has 7 nitrogen and oxygen atoms in total. The van der Waals surface area contributed by atoms with Crippen LogP contribution in [0.1, 0.15) is 26.2 Å². The summed E-state index contributed by atoms with van der Waals surface area (Å²) in [4.78, 5) is 2.21. The van der Waals surface area contributed by atoms with Crippen LogP contribution < -0.4 is 10.5 Å². The Balaban J connectivity index is 2.13. The fourth-order valence-electron chi connectivity index (χ4n) is 2.51. The van der Waals surface area contributed by atoms with Crippen LogP contribution in [0, 0.1) is 0 Å². The molecule has 1 unspecified atom stereocenters. The first kappa shape index (κ1) is 15.3. The maximum atomic E-state index is 12.4. The van der Waals surface area contributed by atoms with E-state index in [0.717, 1.165) is 32.4 Å². The second-order valence-electron chi connectivity index (χ2n) is 5.36. The molecule has 1 fully saturated rings. The summed E-state index contributed by atoms with van der Waals surface area (Å²) in [6.45, 7) is 4.39. The van der Waals surface area contributed by atoms with Gasteiger partial charge in [0.25, 0.3) is 0 Å². The van der Waals surface area contributed by atoms with Crippen molar-refractivity contribution in [2.24, 2.45) is 0 Å². The molecule has 0 radical (unpaired) electrons. The fraction of sp³-hybridized carbons (Fsp3) is 0.750. The van der Waals surface area contributed by atoms with E-state index in [1.807, 2.05) is 14.0 Å². The average Bonchev–Trinajstić information content (AvgIpc) is 2.71. The molecule has 8 heteroatoms. The van der Waals surface area contributed by atoms with Crippen molar-refractivity contribution < 1.29 is 8.42 Å². The van der Waals surface area contributed by atoms with Crippen LogP contribution in [-0.4, -0.2) is 49.3 Å². The van der Waals surface area contributed by atoms with Crippen LogP contribution in [0.4, 0.5) is 5.82 Å². The first-order chi connectivity index (χ1) is 9.42. The zero-order valence-electron chi connectivity index (χ0n) is 12.0. The zero-order chi connectivity index (χ0) is 14.8. The van der Waals surface area contributed by atoms with E-state index in [-0.39, 0.29) is 16.8 Å². The van der Waals surface area contributed by atoms with Crippen molar-refractivity contribution in [3.05, 3.63) is 6.20 Å². The maximum absolute atomic E-state index is 12.4. The van der Waals surface area contributed by atoms with Crippen molar-refractivity contribution in [2.75, 3.05) is 25.9 Å². The normalized spacial score (nSPS) is 21.2. The SMILES string of the molecule is CCCn1cc(S(=O)(=O)NC2CCCN(C)C2)c(N)n1. The van der Waals surface area contributed by atoms with Gasteiger partial charge in [0.1, 0.15) is 4.90 Å². The molecule has 3 N–H and O–H groups in total. The van der Waals surface area contributed by atoms with E-state index < -0.39 is 10.0 Å². The van der Waals surface area contributed by atoms with Gasteiger partial charge in [0.15, 0.2) is 5.82 Å². The minimum absolute atomic E-state index is 0.0623. The van der Waals surface area contributed by atoms with Crippen molar-refractivity contribution in [1.82, 2.24) is 19.4 Å². The summed E-state index contributed by atoms with van der Waals surface area (Å²) in [7, 11) is -1.60. The Hall–Kier alpha value is -1.12. The Morgan fingerprint density at radius 2 is 2.30 bits per heavy atom. The Morgan fingerprint density at radius 1 is 1.55 bits per heavy atom. The van der Waals surface area contributed by atoms with Gasteiger partial charge in [0.2, 0.25) is 10.0 Å². The number of nitrogens with one attached hydrogen (secondary N) is 1. The molecule has 114 valence electrons. The molecule has 2 heterocycles. The largest absolute Gasteiger partial charge is 0.381 e. The molecule has 1 saturated heterocycles. The molecule has 0 aromatic carbocycles. The fourth-order valence-corrected chi connectivity index (χ4v) is 3.85. The van der Waals surface area contributed by atoms with E-state index in [1.54, 1.807) is 4.68 Å². The zero-order valence-corrected chi connectivity index (χ0v) is 12.9. The highest BCUT2D eigenvalue weighted by atomic mass is 32.2. The lowest BCUT2D eigenvalue weighted by molar-refractivity contribution is 0.242. The first-order valence-corrected chi connectivity index (χ1v) is 8.44. The van der Waals surface area contributed by atoms with Crippen LogP contribution in [0.15, 0.2) is 11.1 Å². The van der Waals surface area contributed by atoms with Gasteiger partial charge in [-0.05, 0) is 32.9 Å². The van der Waals surface area contributed by atoms with E-state index >= 15 is 0 Å². The predicted molar refractivity (Wildman–Crippen MR) is 77.8 cm³/mol. The molecule has 20 heavy (non-hydrogen) atoms. The molecule has 1 atom stereocenters. The minimum atomic E-state index is -3.60. The number of nitrogens with zero attached hydrogens (tertiary/aromatic N) is 3. The molecule has 1 aromatic heterocycles. The van der Waals surface area contributed by atoms with E-state index in [2.05, 4.69) is 14.7 Å². The Labute approximate surface area is 120 Å². The van der Waals surface area contributed by atoms with Gasteiger partial charge in [-0.25, -0.2) is 13.1 Å². The van der Waals surface area contributed by atoms with E-state index in [9.17, 15) is 8.42 Å². The molecule has 2 rings (SSSR count). The van der Waals surface area contributed by atoms with Gasteiger partial charge in [-0.15, -0.1) is 0 Å². The summed E-state index contributed by atoms with van der Waals surface area (Å²) >= 11 is 0.